The fourth-order valence-electron chi connectivity index (χ4n) is 1.90. The molecule has 2 heterocycles. The van der Waals surface area contributed by atoms with Gasteiger partial charge in [0.1, 0.15) is 5.00 Å². The van der Waals surface area contributed by atoms with E-state index in [2.05, 4.69) is 9.27 Å². The number of hydrogen-bond donors (Lipinski definition) is 0. The van der Waals surface area contributed by atoms with Crippen molar-refractivity contribution in [1.82, 2.24) is 4.37 Å². The van der Waals surface area contributed by atoms with Gasteiger partial charge in [-0.25, -0.2) is 0 Å². The van der Waals surface area contributed by atoms with Crippen LogP contribution in [-0.4, -0.2) is 30.7 Å². The van der Waals surface area contributed by atoms with Crippen molar-refractivity contribution in [2.24, 2.45) is 0 Å². The molecular weight excluding hydrogens is 244 g/mol. The fourth-order valence-corrected chi connectivity index (χ4v) is 2.97. The van der Waals surface area contributed by atoms with Crippen molar-refractivity contribution in [1.29, 1.82) is 0 Å². The maximum atomic E-state index is 5.94. The topological polar surface area (TPSA) is 25.4 Å². The highest BCUT2D eigenvalue weighted by Gasteiger charge is 2.16. The summed E-state index contributed by atoms with van der Waals surface area (Å²) in [6, 6.07) is 5.88. The zero-order valence-corrected chi connectivity index (χ0v) is 10.2. The predicted molar refractivity (Wildman–Crippen MR) is 67.7 cm³/mol. The summed E-state index contributed by atoms with van der Waals surface area (Å²) in [6.45, 7) is 3.49. The van der Waals surface area contributed by atoms with Crippen LogP contribution in [0.15, 0.2) is 18.2 Å². The molecule has 1 aliphatic rings. The molecule has 0 unspecified atom stereocenters. The summed E-state index contributed by atoms with van der Waals surface area (Å²) in [5.41, 5.74) is 0.985. The van der Waals surface area contributed by atoms with Crippen LogP contribution >= 0.6 is 23.1 Å². The van der Waals surface area contributed by atoms with Crippen molar-refractivity contribution < 1.29 is 4.74 Å². The summed E-state index contributed by atoms with van der Waals surface area (Å²) in [5, 5.41) is 3.16. The van der Waals surface area contributed by atoms with E-state index in [0.29, 0.717) is 0 Å². The average Bonchev–Trinajstić information content (AvgIpc) is 2.73. The van der Waals surface area contributed by atoms with E-state index in [1.54, 1.807) is 0 Å². The van der Waals surface area contributed by atoms with Gasteiger partial charge in [-0.1, -0.05) is 11.6 Å². The summed E-state index contributed by atoms with van der Waals surface area (Å²) in [5.74, 6) is 0. The molecule has 5 heteroatoms. The Labute approximate surface area is 103 Å². The van der Waals surface area contributed by atoms with E-state index < -0.39 is 0 Å². The summed E-state index contributed by atoms with van der Waals surface area (Å²) in [4.78, 5) is 2.33. The summed E-state index contributed by atoms with van der Waals surface area (Å²) in [7, 11) is 0. The summed E-state index contributed by atoms with van der Waals surface area (Å²) in [6.07, 6.45) is 0. The van der Waals surface area contributed by atoms with Crippen LogP contribution in [0.2, 0.25) is 5.02 Å². The third-order valence-corrected chi connectivity index (χ3v) is 3.89. The van der Waals surface area contributed by atoms with E-state index in [1.165, 1.54) is 21.9 Å². The Morgan fingerprint density at radius 2 is 2.12 bits per heavy atom. The maximum absolute atomic E-state index is 5.94. The number of halogens is 1. The van der Waals surface area contributed by atoms with Crippen LogP contribution in [0.25, 0.3) is 10.9 Å². The standard InChI is InChI=1S/C11H11ClN2OS/c12-8-1-2-9-10(7-8)13-16-11(9)14-3-5-15-6-4-14/h1-2,7H,3-6H2. The van der Waals surface area contributed by atoms with E-state index >= 15 is 0 Å². The normalized spacial score (nSPS) is 16.9. The van der Waals surface area contributed by atoms with E-state index in [1.807, 2.05) is 18.2 Å². The monoisotopic (exact) mass is 254 g/mol. The number of benzene rings is 1. The highest BCUT2D eigenvalue weighted by molar-refractivity contribution is 7.11. The highest BCUT2D eigenvalue weighted by atomic mass is 35.5. The summed E-state index contributed by atoms with van der Waals surface area (Å²) >= 11 is 7.48. The Morgan fingerprint density at radius 3 is 2.94 bits per heavy atom. The van der Waals surface area contributed by atoms with Crippen LogP contribution in [-0.2, 0) is 4.74 Å². The molecule has 0 aliphatic carbocycles. The quantitative estimate of drug-likeness (QED) is 0.783. The number of ether oxygens (including phenoxy) is 1. The molecule has 3 rings (SSSR count). The molecule has 0 atom stereocenters. The van der Waals surface area contributed by atoms with Gasteiger partial charge in [0, 0.05) is 23.5 Å². The Bertz CT molecular complexity index is 508. The van der Waals surface area contributed by atoms with Gasteiger partial charge < -0.3 is 9.64 Å². The van der Waals surface area contributed by atoms with Gasteiger partial charge in [0.15, 0.2) is 0 Å². The minimum Gasteiger partial charge on any atom is -0.378 e. The lowest BCUT2D eigenvalue weighted by Gasteiger charge is -2.27. The van der Waals surface area contributed by atoms with Crippen LogP contribution in [0.1, 0.15) is 0 Å². The van der Waals surface area contributed by atoms with Gasteiger partial charge in [0.25, 0.3) is 0 Å². The molecule has 1 aliphatic heterocycles. The third kappa shape index (κ3) is 1.77. The number of hydrogen-bond acceptors (Lipinski definition) is 4. The van der Waals surface area contributed by atoms with Crippen LogP contribution in [0.5, 0.6) is 0 Å². The highest BCUT2D eigenvalue weighted by Crippen LogP contribution is 2.32. The lowest BCUT2D eigenvalue weighted by molar-refractivity contribution is 0.123. The third-order valence-electron chi connectivity index (χ3n) is 2.72. The number of nitrogens with zero attached hydrogens (tertiary/aromatic N) is 2. The van der Waals surface area contributed by atoms with Crippen molar-refractivity contribution >= 4 is 39.0 Å². The Morgan fingerprint density at radius 1 is 1.31 bits per heavy atom. The molecule has 0 radical (unpaired) electrons. The van der Waals surface area contributed by atoms with Gasteiger partial charge in [-0.2, -0.15) is 4.37 Å². The van der Waals surface area contributed by atoms with Crippen LogP contribution < -0.4 is 4.90 Å². The smallest absolute Gasteiger partial charge is 0.120 e. The molecule has 1 saturated heterocycles. The second-order valence-electron chi connectivity index (χ2n) is 3.75. The number of aromatic nitrogens is 1. The van der Waals surface area contributed by atoms with Crippen LogP contribution in [0.4, 0.5) is 5.00 Å². The zero-order chi connectivity index (χ0) is 11.0. The van der Waals surface area contributed by atoms with Gasteiger partial charge in [0.2, 0.25) is 0 Å². The lowest BCUT2D eigenvalue weighted by Crippen LogP contribution is -2.35. The van der Waals surface area contributed by atoms with Crippen molar-refractivity contribution in [3.8, 4) is 0 Å². The second kappa shape index (κ2) is 4.20. The number of morpholine rings is 1. The van der Waals surface area contributed by atoms with E-state index in [0.717, 1.165) is 36.8 Å². The first kappa shape index (κ1) is 10.3. The molecular formula is C11H11ClN2OS. The van der Waals surface area contributed by atoms with Gasteiger partial charge in [-0.05, 0) is 29.7 Å². The van der Waals surface area contributed by atoms with Crippen LogP contribution in [0.3, 0.4) is 0 Å². The molecule has 0 spiro atoms. The van der Waals surface area contributed by atoms with Gasteiger partial charge in [0.05, 0.1) is 18.7 Å². The molecule has 0 saturated carbocycles. The first-order chi connectivity index (χ1) is 7.84. The fraction of sp³-hybridized carbons (Fsp3) is 0.364. The SMILES string of the molecule is Clc1ccc2c(N3CCOCC3)snc2c1. The van der Waals surface area contributed by atoms with E-state index in [4.69, 9.17) is 16.3 Å². The minimum atomic E-state index is 0.742. The first-order valence-corrected chi connectivity index (χ1v) is 6.37. The van der Waals surface area contributed by atoms with Gasteiger partial charge in [-0.3, -0.25) is 0 Å². The van der Waals surface area contributed by atoms with Crippen molar-refractivity contribution in [2.45, 2.75) is 0 Å². The maximum Gasteiger partial charge on any atom is 0.120 e. The molecule has 3 nitrogen and oxygen atoms in total. The molecule has 16 heavy (non-hydrogen) atoms. The zero-order valence-electron chi connectivity index (χ0n) is 8.65. The minimum absolute atomic E-state index is 0.742. The Hall–Kier alpha value is -0.840. The number of rotatable bonds is 1. The number of fused-ring (bicyclic) bond motifs is 1. The molecule has 0 bridgehead atoms. The largest absolute Gasteiger partial charge is 0.378 e. The van der Waals surface area contributed by atoms with Gasteiger partial charge >= 0.3 is 0 Å². The average molecular weight is 255 g/mol. The van der Waals surface area contributed by atoms with Crippen molar-refractivity contribution in [2.75, 3.05) is 31.2 Å². The lowest BCUT2D eigenvalue weighted by atomic mass is 10.2. The molecule has 0 N–H and O–H groups in total. The molecule has 84 valence electrons. The van der Waals surface area contributed by atoms with Gasteiger partial charge in [-0.15, -0.1) is 0 Å². The van der Waals surface area contributed by atoms with Crippen LogP contribution in [0, 0.1) is 0 Å². The number of anilines is 1. The molecule has 1 aromatic heterocycles. The molecule has 1 fully saturated rings. The molecule has 0 amide bonds. The van der Waals surface area contributed by atoms with E-state index in [-0.39, 0.29) is 0 Å². The molecule has 2 aromatic rings. The molecule has 1 aromatic carbocycles. The predicted octanol–water partition coefficient (Wildman–Crippen LogP) is 2.79. The Balaban J connectivity index is 2.03. The second-order valence-corrected chi connectivity index (χ2v) is 4.94. The van der Waals surface area contributed by atoms with Crippen molar-refractivity contribution in [3.63, 3.8) is 0 Å². The Kier molecular flexibility index (Phi) is 2.71. The van der Waals surface area contributed by atoms with E-state index in [9.17, 15) is 0 Å². The summed E-state index contributed by atoms with van der Waals surface area (Å²) < 4.78 is 9.78. The first-order valence-electron chi connectivity index (χ1n) is 5.22. The van der Waals surface area contributed by atoms with Crippen molar-refractivity contribution in [3.05, 3.63) is 23.2 Å².